The van der Waals surface area contributed by atoms with Crippen LogP contribution in [0.2, 0.25) is 0 Å². The monoisotopic (exact) mass is 244 g/mol. The number of nitriles is 1. The van der Waals surface area contributed by atoms with E-state index in [2.05, 4.69) is 30.0 Å². The van der Waals surface area contributed by atoms with Crippen LogP contribution in [0.1, 0.15) is 39.2 Å². The molecule has 2 rings (SSSR count). The van der Waals surface area contributed by atoms with Crippen molar-refractivity contribution in [1.29, 1.82) is 5.26 Å². The molecule has 0 N–H and O–H groups in total. The lowest BCUT2D eigenvalue weighted by molar-refractivity contribution is 0.194. The zero-order valence-electron chi connectivity index (χ0n) is 11.8. The molecule has 0 unspecified atom stereocenters. The molecule has 1 fully saturated rings. The van der Waals surface area contributed by atoms with Crippen LogP contribution in [0, 0.1) is 11.3 Å². The average Bonchev–Trinajstić information content (AvgIpc) is 2.50. The Hall–Kier alpha value is -1.33. The molecular weight excluding hydrogens is 220 g/mol. The van der Waals surface area contributed by atoms with Crippen molar-refractivity contribution in [2.45, 2.75) is 39.0 Å². The summed E-state index contributed by atoms with van der Waals surface area (Å²) in [7, 11) is 0. The van der Waals surface area contributed by atoms with Crippen molar-refractivity contribution in [2.75, 3.05) is 19.6 Å². The minimum Gasteiger partial charge on any atom is -0.303 e. The molecule has 0 radical (unpaired) electrons. The molecule has 1 aliphatic heterocycles. The van der Waals surface area contributed by atoms with Gasteiger partial charge in [0.25, 0.3) is 0 Å². The van der Waals surface area contributed by atoms with Crippen molar-refractivity contribution in [2.24, 2.45) is 0 Å². The van der Waals surface area contributed by atoms with Crippen LogP contribution in [0.3, 0.4) is 0 Å². The van der Waals surface area contributed by atoms with Gasteiger partial charge in [0.1, 0.15) is 0 Å². The Balaban J connectivity index is 0.000000771. The van der Waals surface area contributed by atoms with Crippen LogP contribution in [-0.2, 0) is 5.41 Å². The van der Waals surface area contributed by atoms with Gasteiger partial charge in [0.05, 0.1) is 11.5 Å². The Morgan fingerprint density at radius 3 is 2.17 bits per heavy atom. The number of nitrogens with zero attached hydrogens (tertiary/aromatic N) is 2. The summed E-state index contributed by atoms with van der Waals surface area (Å²) >= 11 is 0. The summed E-state index contributed by atoms with van der Waals surface area (Å²) in [5, 5.41) is 9.49. The average molecular weight is 244 g/mol. The van der Waals surface area contributed by atoms with E-state index in [9.17, 15) is 5.26 Å². The van der Waals surface area contributed by atoms with Crippen LogP contribution in [-0.4, -0.2) is 24.5 Å². The first kappa shape index (κ1) is 14.7. The van der Waals surface area contributed by atoms with Crippen LogP contribution in [0.5, 0.6) is 0 Å². The number of piperidine rings is 1. The molecule has 0 spiro atoms. The number of benzene rings is 1. The molecule has 1 aromatic carbocycles. The van der Waals surface area contributed by atoms with E-state index in [-0.39, 0.29) is 5.41 Å². The fourth-order valence-corrected chi connectivity index (χ4v) is 2.47. The van der Waals surface area contributed by atoms with Gasteiger partial charge in [0.15, 0.2) is 0 Å². The van der Waals surface area contributed by atoms with Gasteiger partial charge in [0, 0.05) is 0 Å². The third kappa shape index (κ3) is 3.11. The molecule has 0 aliphatic carbocycles. The van der Waals surface area contributed by atoms with Gasteiger partial charge in [-0.1, -0.05) is 51.1 Å². The summed E-state index contributed by atoms with van der Waals surface area (Å²) in [5.41, 5.74) is 0.945. The zero-order chi connectivity index (χ0) is 13.4. The van der Waals surface area contributed by atoms with E-state index in [1.807, 2.05) is 32.0 Å². The molecule has 0 atom stereocenters. The Bertz CT molecular complexity index is 370. The molecule has 0 aromatic heterocycles. The van der Waals surface area contributed by atoms with Crippen LogP contribution in [0.15, 0.2) is 30.3 Å². The van der Waals surface area contributed by atoms with Gasteiger partial charge in [-0.05, 0) is 38.0 Å². The highest BCUT2D eigenvalue weighted by molar-refractivity contribution is 5.33. The smallest absolute Gasteiger partial charge is 0.0846 e. The third-order valence-corrected chi connectivity index (χ3v) is 3.70. The fourth-order valence-electron chi connectivity index (χ4n) is 2.47. The Morgan fingerprint density at radius 1 is 1.17 bits per heavy atom. The van der Waals surface area contributed by atoms with E-state index in [0.717, 1.165) is 32.5 Å². The van der Waals surface area contributed by atoms with Crippen LogP contribution < -0.4 is 0 Å². The first-order valence-electron chi connectivity index (χ1n) is 7.00. The fraction of sp³-hybridized carbons (Fsp3) is 0.562. The van der Waals surface area contributed by atoms with Gasteiger partial charge in [-0.15, -0.1) is 0 Å². The highest BCUT2D eigenvalue weighted by Crippen LogP contribution is 2.34. The van der Waals surface area contributed by atoms with Gasteiger partial charge in [-0.2, -0.15) is 5.26 Å². The van der Waals surface area contributed by atoms with Crippen molar-refractivity contribution in [1.82, 2.24) is 4.90 Å². The normalized spacial score (nSPS) is 18.3. The molecule has 1 aliphatic rings. The molecule has 2 nitrogen and oxygen atoms in total. The molecular formula is C16H24N2. The topological polar surface area (TPSA) is 27.0 Å². The second-order valence-corrected chi connectivity index (χ2v) is 4.49. The number of rotatable bonds is 2. The molecule has 0 saturated carbocycles. The maximum atomic E-state index is 9.49. The van der Waals surface area contributed by atoms with Crippen molar-refractivity contribution >= 4 is 0 Å². The van der Waals surface area contributed by atoms with E-state index in [1.165, 1.54) is 5.56 Å². The minimum atomic E-state index is -0.243. The largest absolute Gasteiger partial charge is 0.303 e. The molecule has 1 saturated heterocycles. The standard InChI is InChI=1S/C14H18N2.C2H6/c1-2-16-10-8-14(12-15,9-11-16)13-6-4-3-5-7-13;1-2/h3-7H,2,8-11H2,1H3;1-2H3. The Labute approximate surface area is 111 Å². The summed E-state index contributed by atoms with van der Waals surface area (Å²) in [5.74, 6) is 0. The predicted octanol–water partition coefficient (Wildman–Crippen LogP) is 3.59. The highest BCUT2D eigenvalue weighted by atomic mass is 15.1. The van der Waals surface area contributed by atoms with Gasteiger partial charge in [0.2, 0.25) is 0 Å². The highest BCUT2D eigenvalue weighted by Gasteiger charge is 2.35. The number of likely N-dealkylation sites (tertiary alicyclic amines) is 1. The molecule has 1 heterocycles. The molecule has 18 heavy (non-hydrogen) atoms. The van der Waals surface area contributed by atoms with E-state index in [4.69, 9.17) is 0 Å². The lowest BCUT2D eigenvalue weighted by Crippen LogP contribution is -2.41. The van der Waals surface area contributed by atoms with Gasteiger partial charge in [-0.25, -0.2) is 0 Å². The van der Waals surface area contributed by atoms with E-state index >= 15 is 0 Å². The molecule has 0 bridgehead atoms. The van der Waals surface area contributed by atoms with Crippen LogP contribution in [0.4, 0.5) is 0 Å². The quantitative estimate of drug-likeness (QED) is 0.795. The van der Waals surface area contributed by atoms with Crippen molar-refractivity contribution < 1.29 is 0 Å². The Kier molecular flexibility index (Phi) is 5.88. The second kappa shape index (κ2) is 7.18. The molecule has 2 heteroatoms. The molecule has 1 aromatic rings. The summed E-state index contributed by atoms with van der Waals surface area (Å²) < 4.78 is 0. The predicted molar refractivity (Wildman–Crippen MR) is 76.4 cm³/mol. The summed E-state index contributed by atoms with van der Waals surface area (Å²) in [6, 6.07) is 12.8. The van der Waals surface area contributed by atoms with E-state index < -0.39 is 0 Å². The first-order chi connectivity index (χ1) is 8.80. The first-order valence-corrected chi connectivity index (χ1v) is 7.00. The SMILES string of the molecule is CC.CCN1CCC(C#N)(c2ccccc2)CC1. The maximum absolute atomic E-state index is 9.49. The van der Waals surface area contributed by atoms with Crippen molar-refractivity contribution in [3.63, 3.8) is 0 Å². The van der Waals surface area contributed by atoms with Gasteiger partial charge in [-0.3, -0.25) is 0 Å². The van der Waals surface area contributed by atoms with Crippen LogP contribution in [0.25, 0.3) is 0 Å². The minimum absolute atomic E-state index is 0.243. The zero-order valence-corrected chi connectivity index (χ0v) is 11.8. The van der Waals surface area contributed by atoms with Gasteiger partial charge >= 0.3 is 0 Å². The number of hydrogen-bond acceptors (Lipinski definition) is 2. The Morgan fingerprint density at radius 2 is 1.72 bits per heavy atom. The van der Waals surface area contributed by atoms with Crippen molar-refractivity contribution in [3.05, 3.63) is 35.9 Å². The van der Waals surface area contributed by atoms with E-state index in [1.54, 1.807) is 0 Å². The summed E-state index contributed by atoms with van der Waals surface area (Å²) in [6.45, 7) is 9.36. The third-order valence-electron chi connectivity index (χ3n) is 3.70. The van der Waals surface area contributed by atoms with Crippen LogP contribution >= 0.6 is 0 Å². The summed E-state index contributed by atoms with van der Waals surface area (Å²) in [4.78, 5) is 2.42. The maximum Gasteiger partial charge on any atom is 0.0846 e. The lowest BCUT2D eigenvalue weighted by atomic mass is 9.74. The molecule has 98 valence electrons. The number of hydrogen-bond donors (Lipinski definition) is 0. The molecule has 0 amide bonds. The van der Waals surface area contributed by atoms with Crippen molar-refractivity contribution in [3.8, 4) is 6.07 Å². The lowest BCUT2D eigenvalue weighted by Gasteiger charge is -2.37. The second-order valence-electron chi connectivity index (χ2n) is 4.49. The summed E-state index contributed by atoms with van der Waals surface area (Å²) in [6.07, 6.45) is 1.92. The van der Waals surface area contributed by atoms with Gasteiger partial charge < -0.3 is 4.90 Å². The van der Waals surface area contributed by atoms with E-state index in [0.29, 0.717) is 0 Å².